The van der Waals surface area contributed by atoms with Gasteiger partial charge in [-0.2, -0.15) is 11.8 Å². The Morgan fingerprint density at radius 3 is 2.59 bits per heavy atom. The van der Waals surface area contributed by atoms with E-state index in [4.69, 9.17) is 5.73 Å². The lowest BCUT2D eigenvalue weighted by molar-refractivity contribution is 0.457. The van der Waals surface area contributed by atoms with Crippen LogP contribution in [0.3, 0.4) is 0 Å². The molecular formula is C13H25N3S. The van der Waals surface area contributed by atoms with Gasteiger partial charge in [0.05, 0.1) is 6.33 Å². The van der Waals surface area contributed by atoms with Crippen LogP contribution in [0.25, 0.3) is 0 Å². The van der Waals surface area contributed by atoms with Gasteiger partial charge in [-0.25, -0.2) is 4.98 Å². The standard InChI is InChI=1S/C13H25N3S/c1-10(2)11(6-14)12-7-15-9-16(12)8-13(3,4)17-5/h7,9-11H,6,8,14H2,1-5H3. The molecule has 2 N–H and O–H groups in total. The van der Waals surface area contributed by atoms with Crippen molar-refractivity contribution in [2.45, 2.75) is 44.9 Å². The molecule has 0 aliphatic heterocycles. The van der Waals surface area contributed by atoms with Crippen LogP contribution in [-0.4, -0.2) is 27.1 Å². The van der Waals surface area contributed by atoms with E-state index in [1.54, 1.807) is 0 Å². The number of nitrogens with zero attached hydrogens (tertiary/aromatic N) is 2. The Kier molecular flexibility index (Phi) is 5.07. The van der Waals surface area contributed by atoms with E-state index in [0.29, 0.717) is 18.4 Å². The van der Waals surface area contributed by atoms with Crippen LogP contribution in [0.2, 0.25) is 0 Å². The minimum atomic E-state index is 0.228. The molecule has 1 atom stereocenters. The van der Waals surface area contributed by atoms with Crippen LogP contribution in [0.5, 0.6) is 0 Å². The Hall–Kier alpha value is -0.480. The third kappa shape index (κ3) is 3.75. The van der Waals surface area contributed by atoms with E-state index in [0.717, 1.165) is 6.54 Å². The van der Waals surface area contributed by atoms with Crippen LogP contribution >= 0.6 is 11.8 Å². The van der Waals surface area contributed by atoms with Crippen LogP contribution < -0.4 is 5.73 Å². The number of rotatable bonds is 6. The molecule has 1 aromatic rings. The van der Waals surface area contributed by atoms with Gasteiger partial charge in [0.15, 0.2) is 0 Å². The quantitative estimate of drug-likeness (QED) is 0.850. The average Bonchev–Trinajstić information content (AvgIpc) is 2.66. The minimum Gasteiger partial charge on any atom is -0.333 e. The van der Waals surface area contributed by atoms with Crippen molar-refractivity contribution in [2.75, 3.05) is 12.8 Å². The zero-order valence-corrected chi connectivity index (χ0v) is 12.4. The number of hydrogen-bond acceptors (Lipinski definition) is 3. The number of hydrogen-bond donors (Lipinski definition) is 1. The van der Waals surface area contributed by atoms with Gasteiger partial charge in [-0.15, -0.1) is 0 Å². The number of thioether (sulfide) groups is 1. The molecule has 1 aromatic heterocycles. The first-order valence-corrected chi connectivity index (χ1v) is 7.39. The van der Waals surface area contributed by atoms with Crippen molar-refractivity contribution in [2.24, 2.45) is 11.7 Å². The van der Waals surface area contributed by atoms with Crippen molar-refractivity contribution >= 4 is 11.8 Å². The highest BCUT2D eigenvalue weighted by Gasteiger charge is 2.22. The van der Waals surface area contributed by atoms with E-state index in [2.05, 4.69) is 43.5 Å². The van der Waals surface area contributed by atoms with Gasteiger partial charge in [0.1, 0.15) is 0 Å². The first-order chi connectivity index (χ1) is 7.91. The molecule has 1 unspecified atom stereocenters. The smallest absolute Gasteiger partial charge is 0.0948 e. The number of aromatic nitrogens is 2. The zero-order valence-electron chi connectivity index (χ0n) is 11.6. The largest absolute Gasteiger partial charge is 0.333 e. The number of imidazole rings is 1. The van der Waals surface area contributed by atoms with Gasteiger partial charge < -0.3 is 10.3 Å². The molecule has 0 radical (unpaired) electrons. The van der Waals surface area contributed by atoms with Crippen molar-refractivity contribution in [1.82, 2.24) is 9.55 Å². The van der Waals surface area contributed by atoms with E-state index in [1.807, 2.05) is 24.3 Å². The average molecular weight is 255 g/mol. The first kappa shape index (κ1) is 14.6. The molecule has 0 aromatic carbocycles. The molecule has 0 bridgehead atoms. The lowest BCUT2D eigenvalue weighted by atomic mass is 9.93. The van der Waals surface area contributed by atoms with Crippen LogP contribution in [0, 0.1) is 5.92 Å². The SMILES string of the molecule is CSC(C)(C)Cn1cncc1C(CN)C(C)C. The molecule has 0 saturated heterocycles. The third-order valence-electron chi connectivity index (χ3n) is 3.29. The highest BCUT2D eigenvalue weighted by atomic mass is 32.2. The van der Waals surface area contributed by atoms with Gasteiger partial charge in [0.2, 0.25) is 0 Å². The maximum Gasteiger partial charge on any atom is 0.0948 e. The van der Waals surface area contributed by atoms with Gasteiger partial charge in [-0.05, 0) is 26.0 Å². The van der Waals surface area contributed by atoms with Gasteiger partial charge in [0.25, 0.3) is 0 Å². The molecule has 0 fully saturated rings. The lowest BCUT2D eigenvalue weighted by Gasteiger charge is -2.26. The monoisotopic (exact) mass is 255 g/mol. The Bertz CT molecular complexity index is 344. The van der Waals surface area contributed by atoms with Crippen LogP contribution in [0.4, 0.5) is 0 Å². The van der Waals surface area contributed by atoms with E-state index < -0.39 is 0 Å². The lowest BCUT2D eigenvalue weighted by Crippen LogP contribution is -2.26. The fraction of sp³-hybridized carbons (Fsp3) is 0.769. The molecule has 17 heavy (non-hydrogen) atoms. The molecule has 1 heterocycles. The molecule has 0 aliphatic carbocycles. The van der Waals surface area contributed by atoms with Crippen LogP contribution in [-0.2, 0) is 6.54 Å². The fourth-order valence-electron chi connectivity index (χ4n) is 1.98. The van der Waals surface area contributed by atoms with Gasteiger partial charge >= 0.3 is 0 Å². The topological polar surface area (TPSA) is 43.8 Å². The predicted molar refractivity (Wildman–Crippen MR) is 76.5 cm³/mol. The molecule has 0 aliphatic rings. The first-order valence-electron chi connectivity index (χ1n) is 6.16. The van der Waals surface area contributed by atoms with Gasteiger partial charge in [0, 0.05) is 35.6 Å². The highest BCUT2D eigenvalue weighted by molar-refractivity contribution is 7.99. The zero-order chi connectivity index (χ0) is 13.1. The van der Waals surface area contributed by atoms with Crippen molar-refractivity contribution in [3.05, 3.63) is 18.2 Å². The van der Waals surface area contributed by atoms with E-state index in [-0.39, 0.29) is 4.75 Å². The summed E-state index contributed by atoms with van der Waals surface area (Å²) in [4.78, 5) is 4.29. The Balaban J connectivity index is 2.92. The van der Waals surface area contributed by atoms with Crippen LogP contribution in [0.1, 0.15) is 39.3 Å². The maximum absolute atomic E-state index is 5.88. The van der Waals surface area contributed by atoms with E-state index in [1.165, 1.54) is 5.69 Å². The molecule has 98 valence electrons. The summed E-state index contributed by atoms with van der Waals surface area (Å²) >= 11 is 1.88. The Labute approximate surface area is 109 Å². The summed E-state index contributed by atoms with van der Waals surface area (Å²) in [6.07, 6.45) is 6.05. The summed E-state index contributed by atoms with van der Waals surface area (Å²) in [7, 11) is 0. The minimum absolute atomic E-state index is 0.228. The second-order valence-electron chi connectivity index (χ2n) is 5.50. The van der Waals surface area contributed by atoms with Crippen molar-refractivity contribution in [3.63, 3.8) is 0 Å². The molecule has 0 saturated carbocycles. The Morgan fingerprint density at radius 1 is 1.47 bits per heavy atom. The summed E-state index contributed by atoms with van der Waals surface area (Å²) in [6, 6.07) is 0. The van der Waals surface area contributed by atoms with Gasteiger partial charge in [-0.1, -0.05) is 13.8 Å². The molecule has 4 heteroatoms. The molecule has 0 spiro atoms. The summed E-state index contributed by atoms with van der Waals surface area (Å²) in [5.74, 6) is 0.947. The Morgan fingerprint density at radius 2 is 2.12 bits per heavy atom. The van der Waals surface area contributed by atoms with Gasteiger partial charge in [-0.3, -0.25) is 0 Å². The van der Waals surface area contributed by atoms with Crippen LogP contribution in [0.15, 0.2) is 12.5 Å². The van der Waals surface area contributed by atoms with Crippen molar-refractivity contribution < 1.29 is 0 Å². The second-order valence-corrected chi connectivity index (χ2v) is 7.01. The number of nitrogens with two attached hydrogens (primary N) is 1. The molecule has 1 rings (SSSR count). The predicted octanol–water partition coefficient (Wildman–Crippen LogP) is 2.72. The summed E-state index contributed by atoms with van der Waals surface area (Å²) in [6.45, 7) is 10.6. The highest BCUT2D eigenvalue weighted by Crippen LogP contribution is 2.28. The third-order valence-corrected chi connectivity index (χ3v) is 4.52. The summed E-state index contributed by atoms with van der Waals surface area (Å²) < 4.78 is 2.49. The summed E-state index contributed by atoms with van der Waals surface area (Å²) in [5, 5.41) is 0. The molecular weight excluding hydrogens is 230 g/mol. The van der Waals surface area contributed by atoms with Crippen molar-refractivity contribution in [3.8, 4) is 0 Å². The normalized spacial score (nSPS) is 14.3. The second kappa shape index (κ2) is 5.91. The molecule has 3 nitrogen and oxygen atoms in total. The fourth-order valence-corrected chi connectivity index (χ4v) is 2.25. The van der Waals surface area contributed by atoms with E-state index in [9.17, 15) is 0 Å². The summed E-state index contributed by atoms with van der Waals surface area (Å²) in [5.41, 5.74) is 7.15. The molecule has 0 amide bonds. The van der Waals surface area contributed by atoms with E-state index >= 15 is 0 Å². The maximum atomic E-state index is 5.88. The van der Waals surface area contributed by atoms with Crippen molar-refractivity contribution in [1.29, 1.82) is 0 Å².